The average molecular weight is 345 g/mol. The van der Waals surface area contributed by atoms with Crippen molar-refractivity contribution in [2.45, 2.75) is 19.8 Å². The van der Waals surface area contributed by atoms with Gasteiger partial charge in [-0.25, -0.2) is 0 Å². The lowest BCUT2D eigenvalue weighted by Gasteiger charge is -2.23. The van der Waals surface area contributed by atoms with Crippen molar-refractivity contribution in [3.05, 3.63) is 80.3 Å². The molecule has 1 amide bonds. The van der Waals surface area contributed by atoms with Gasteiger partial charge in [0.2, 0.25) is 5.91 Å². The fraction of sp³-hybridized carbons (Fsp3) is 0.167. The van der Waals surface area contributed by atoms with Crippen molar-refractivity contribution in [1.82, 2.24) is 4.37 Å². The van der Waals surface area contributed by atoms with Crippen LogP contribution in [0.5, 0.6) is 0 Å². The van der Waals surface area contributed by atoms with Crippen molar-refractivity contribution in [3.8, 4) is 0 Å². The van der Waals surface area contributed by atoms with Crippen molar-refractivity contribution < 1.29 is 4.79 Å². The molecule has 3 N–H and O–H groups in total. The molecule has 3 aromatic rings. The molecule has 3 nitrogen and oxygen atoms in total. The molecule has 23 heavy (non-hydrogen) atoms. The molecule has 1 aromatic heterocycles. The summed E-state index contributed by atoms with van der Waals surface area (Å²) < 4.78 is 3.27. The van der Waals surface area contributed by atoms with Crippen LogP contribution in [0.25, 0.3) is 0 Å². The third-order valence-electron chi connectivity index (χ3n) is 4.24. The summed E-state index contributed by atoms with van der Waals surface area (Å²) in [5.74, 6) is -0.551. The molecular weight excluding hydrogens is 328 g/mol. The minimum absolute atomic E-state index is 0.0389. The quantitative estimate of drug-likeness (QED) is 0.712. The van der Waals surface area contributed by atoms with Gasteiger partial charge in [0, 0.05) is 11.1 Å². The van der Waals surface area contributed by atoms with Crippen LogP contribution in [0.15, 0.2) is 41.8 Å². The monoisotopic (exact) mass is 344 g/mol. The van der Waals surface area contributed by atoms with Crippen LogP contribution in [-0.4, -0.2) is 10.3 Å². The zero-order valence-electron chi connectivity index (χ0n) is 12.9. The first-order chi connectivity index (χ1) is 11.0. The molecule has 0 fully saturated rings. The number of nitrogens with one attached hydrogen (secondary N) is 1. The van der Waals surface area contributed by atoms with E-state index in [-0.39, 0.29) is 5.92 Å². The number of hydrogen-bond donors (Lipinski definition) is 2. The lowest BCUT2D eigenvalue weighted by Crippen LogP contribution is -2.15. The van der Waals surface area contributed by atoms with E-state index < -0.39 is 5.91 Å². The molecule has 3 rings (SSSR count). The van der Waals surface area contributed by atoms with E-state index in [9.17, 15) is 4.79 Å². The molecule has 1 unspecified atom stereocenters. The normalized spacial score (nSPS) is 12.3. The van der Waals surface area contributed by atoms with E-state index in [1.807, 2.05) is 18.2 Å². The highest BCUT2D eigenvalue weighted by molar-refractivity contribution is 7.04. The molecule has 1 heterocycles. The Kier molecular flexibility index (Phi) is 4.28. The van der Waals surface area contributed by atoms with Crippen LogP contribution in [0.2, 0.25) is 5.02 Å². The van der Waals surface area contributed by atoms with Crippen molar-refractivity contribution in [3.63, 3.8) is 0 Å². The van der Waals surface area contributed by atoms with Gasteiger partial charge < -0.3 is 10.1 Å². The van der Waals surface area contributed by atoms with Gasteiger partial charge in [0.25, 0.3) is 0 Å². The molecule has 5 heteroatoms. The predicted molar refractivity (Wildman–Crippen MR) is 95.5 cm³/mol. The molecule has 2 aromatic carbocycles. The smallest absolute Gasteiger partial charge is 0.250 e. The number of H-pyrrole nitrogens is 1. The Morgan fingerprint density at radius 3 is 2.43 bits per heavy atom. The van der Waals surface area contributed by atoms with Crippen LogP contribution in [0, 0.1) is 13.8 Å². The maximum absolute atomic E-state index is 11.6. The summed E-state index contributed by atoms with van der Waals surface area (Å²) in [6, 6.07) is 11.7. The zero-order valence-corrected chi connectivity index (χ0v) is 14.5. The van der Waals surface area contributed by atoms with Crippen LogP contribution in [-0.2, 0) is 0 Å². The third-order valence-corrected chi connectivity index (χ3v) is 5.38. The summed E-state index contributed by atoms with van der Waals surface area (Å²) in [4.78, 5) is 11.6. The second-order valence-corrected chi connectivity index (χ2v) is 6.64. The number of primary amides is 1. The Balaban J connectivity index is 2.23. The highest BCUT2D eigenvalue weighted by Crippen LogP contribution is 2.39. The van der Waals surface area contributed by atoms with Crippen molar-refractivity contribution in [2.75, 3.05) is 0 Å². The van der Waals surface area contributed by atoms with Gasteiger partial charge >= 0.3 is 0 Å². The minimum atomic E-state index is -0.513. The third kappa shape index (κ3) is 2.80. The number of benzene rings is 2. The first-order valence-corrected chi connectivity index (χ1v) is 8.52. The molecule has 0 aliphatic carbocycles. The Hall–Kier alpha value is -2.04. The topological polar surface area (TPSA) is 58.9 Å². The van der Waals surface area contributed by atoms with E-state index in [4.69, 9.17) is 17.3 Å². The summed E-state index contributed by atoms with van der Waals surface area (Å²) >= 11 is 8.05. The lowest BCUT2D eigenvalue weighted by atomic mass is 9.84. The molecule has 0 radical (unpaired) electrons. The summed E-state index contributed by atoms with van der Waals surface area (Å²) in [5.41, 5.74) is 11.4. The molecule has 0 saturated carbocycles. The molecule has 0 saturated heterocycles. The number of rotatable bonds is 4. The van der Waals surface area contributed by atoms with Gasteiger partial charge in [-0.15, -0.1) is 0 Å². The summed E-state index contributed by atoms with van der Waals surface area (Å²) in [6.45, 7) is 4.20. The number of amides is 1. The van der Waals surface area contributed by atoms with Crippen molar-refractivity contribution in [2.24, 2.45) is 5.73 Å². The maximum Gasteiger partial charge on any atom is 0.250 e. The molecule has 0 spiro atoms. The maximum atomic E-state index is 11.6. The Morgan fingerprint density at radius 1 is 1.17 bits per heavy atom. The second kappa shape index (κ2) is 6.22. The van der Waals surface area contributed by atoms with Gasteiger partial charge in [-0.05, 0) is 42.2 Å². The van der Waals surface area contributed by atoms with Crippen LogP contribution < -0.4 is 5.73 Å². The minimum Gasteiger partial charge on any atom is -0.366 e. The Bertz CT molecular complexity index is 857. The lowest BCUT2D eigenvalue weighted by molar-refractivity contribution is 0.100. The summed E-state index contributed by atoms with van der Waals surface area (Å²) in [7, 11) is 0. The van der Waals surface area contributed by atoms with E-state index in [0.717, 1.165) is 11.3 Å². The number of aromatic nitrogens is 1. The molecular formula is C18H17ClN2OS. The van der Waals surface area contributed by atoms with E-state index in [0.29, 0.717) is 10.6 Å². The fourth-order valence-electron chi connectivity index (χ4n) is 2.81. The van der Waals surface area contributed by atoms with Gasteiger partial charge in [-0.3, -0.25) is 4.79 Å². The number of carbonyl (C=O) groups excluding carboxylic acids is 1. The summed E-state index contributed by atoms with van der Waals surface area (Å²) in [5, 5.41) is 2.49. The zero-order chi connectivity index (χ0) is 16.6. The highest BCUT2D eigenvalue weighted by Gasteiger charge is 2.25. The van der Waals surface area contributed by atoms with E-state index in [2.05, 4.69) is 35.7 Å². The van der Waals surface area contributed by atoms with Crippen molar-refractivity contribution >= 4 is 29.0 Å². The number of halogens is 1. The van der Waals surface area contributed by atoms with Gasteiger partial charge in [0.1, 0.15) is 0 Å². The second-order valence-electron chi connectivity index (χ2n) is 5.59. The number of hydrogen-bond acceptors (Lipinski definition) is 2. The van der Waals surface area contributed by atoms with Gasteiger partial charge in [-0.1, -0.05) is 53.5 Å². The summed E-state index contributed by atoms with van der Waals surface area (Å²) in [6.07, 6.45) is 0. The molecule has 0 aliphatic heterocycles. The predicted octanol–water partition coefficient (Wildman–Crippen LogP) is 4.63. The van der Waals surface area contributed by atoms with Crippen LogP contribution in [0.1, 0.15) is 44.2 Å². The van der Waals surface area contributed by atoms with Gasteiger partial charge in [0.05, 0.1) is 16.5 Å². The van der Waals surface area contributed by atoms with Gasteiger partial charge in [-0.2, -0.15) is 0 Å². The molecule has 118 valence electrons. The number of carbonyl (C=O) groups is 1. The first kappa shape index (κ1) is 15.8. The SMILES string of the molecule is Cc1cccc(C(c2cs[nH]2)c2cccc(C(N)=O)c2Cl)c1C. The Morgan fingerprint density at radius 2 is 1.83 bits per heavy atom. The number of aromatic amines is 1. The first-order valence-electron chi connectivity index (χ1n) is 7.26. The number of aryl methyl sites for hydroxylation is 1. The standard InChI is InChI=1S/C18H17ClN2OS/c1-10-5-3-6-12(11(10)2)16(15-9-23-21-15)13-7-4-8-14(17(13)19)18(20)22/h3-9,16,21H,1-2H3,(H2,20,22). The fourth-order valence-corrected chi connectivity index (χ4v) is 3.64. The highest BCUT2D eigenvalue weighted by atomic mass is 35.5. The molecule has 1 atom stereocenters. The van der Waals surface area contributed by atoms with Crippen LogP contribution in [0.3, 0.4) is 0 Å². The van der Waals surface area contributed by atoms with E-state index in [1.54, 1.807) is 17.6 Å². The number of nitrogens with two attached hydrogens (primary N) is 1. The van der Waals surface area contributed by atoms with Crippen molar-refractivity contribution in [1.29, 1.82) is 0 Å². The molecule has 0 aliphatic rings. The van der Waals surface area contributed by atoms with E-state index in [1.165, 1.54) is 16.7 Å². The average Bonchev–Trinajstić information content (AvgIpc) is 2.46. The Labute approximate surface area is 144 Å². The molecule has 0 bridgehead atoms. The largest absolute Gasteiger partial charge is 0.366 e. The van der Waals surface area contributed by atoms with E-state index >= 15 is 0 Å². The van der Waals surface area contributed by atoms with Gasteiger partial charge in [0.15, 0.2) is 0 Å². The van der Waals surface area contributed by atoms with Crippen LogP contribution >= 0.6 is 23.1 Å². The van der Waals surface area contributed by atoms with Crippen LogP contribution in [0.4, 0.5) is 0 Å².